The fraction of sp³-hybridized carbons (Fsp3) is 0.636. The number of aromatic nitrogens is 2. The fourth-order valence-electron chi connectivity index (χ4n) is 2.08. The molecule has 94 valence electrons. The third kappa shape index (κ3) is 2.48. The summed E-state index contributed by atoms with van der Waals surface area (Å²) in [5.74, 6) is 0.421. The van der Waals surface area contributed by atoms with Crippen molar-refractivity contribution in [2.24, 2.45) is 18.7 Å². The number of aryl methyl sites for hydroxylation is 1. The van der Waals surface area contributed by atoms with Crippen molar-refractivity contribution < 1.29 is 9.53 Å². The van der Waals surface area contributed by atoms with Crippen LogP contribution in [0, 0.1) is 5.92 Å². The molecule has 2 atom stereocenters. The highest BCUT2D eigenvalue weighted by atomic mass is 16.5. The second kappa shape index (κ2) is 4.85. The van der Waals surface area contributed by atoms with E-state index in [9.17, 15) is 4.79 Å². The molecule has 1 aromatic rings. The number of nitrogens with two attached hydrogens (primary N) is 1. The number of hydrogen-bond acceptors (Lipinski definition) is 4. The van der Waals surface area contributed by atoms with Crippen LogP contribution in [0.2, 0.25) is 0 Å². The van der Waals surface area contributed by atoms with Crippen LogP contribution in [0.1, 0.15) is 18.9 Å². The smallest absolute Gasteiger partial charge is 0.231 e. The van der Waals surface area contributed by atoms with Crippen LogP contribution in [0.3, 0.4) is 0 Å². The minimum atomic E-state index is -0.0948. The van der Waals surface area contributed by atoms with Gasteiger partial charge in [0.15, 0.2) is 5.82 Å². The van der Waals surface area contributed by atoms with Gasteiger partial charge in [-0.15, -0.1) is 0 Å². The Morgan fingerprint density at radius 1 is 1.76 bits per heavy atom. The van der Waals surface area contributed by atoms with E-state index in [1.54, 1.807) is 11.7 Å². The lowest BCUT2D eigenvalue weighted by molar-refractivity contribution is -0.121. The molecular weight excluding hydrogens is 220 g/mol. The fourth-order valence-corrected chi connectivity index (χ4v) is 2.08. The molecule has 0 bridgehead atoms. The number of anilines is 1. The summed E-state index contributed by atoms with van der Waals surface area (Å²) in [6.07, 6.45) is 2.54. The molecule has 6 heteroatoms. The monoisotopic (exact) mass is 238 g/mol. The van der Waals surface area contributed by atoms with Gasteiger partial charge in [-0.25, -0.2) is 0 Å². The molecule has 2 unspecified atom stereocenters. The van der Waals surface area contributed by atoms with Crippen molar-refractivity contribution >= 4 is 11.7 Å². The number of rotatable bonds is 3. The Morgan fingerprint density at radius 2 is 2.53 bits per heavy atom. The van der Waals surface area contributed by atoms with Gasteiger partial charge >= 0.3 is 0 Å². The number of carbonyl (C=O) groups excluding carboxylic acids is 1. The zero-order valence-corrected chi connectivity index (χ0v) is 10.1. The van der Waals surface area contributed by atoms with E-state index in [1.807, 2.05) is 13.1 Å². The predicted octanol–water partition coefficient (Wildman–Crippen LogP) is 0.242. The standard InChI is InChI=1S/C11H18N4O2/c1-7-9(3-4-17-7)11(16)13-10-8(5-12)6-15(2)14-10/h6-7,9H,3-5,12H2,1-2H3,(H,13,14,16). The number of nitrogens with one attached hydrogen (secondary N) is 1. The highest BCUT2D eigenvalue weighted by molar-refractivity contribution is 5.92. The molecule has 1 aromatic heterocycles. The molecule has 3 N–H and O–H groups in total. The first-order chi connectivity index (χ1) is 8.11. The number of carbonyl (C=O) groups is 1. The summed E-state index contributed by atoms with van der Waals surface area (Å²) in [6.45, 7) is 2.92. The van der Waals surface area contributed by atoms with Crippen LogP contribution in [0.15, 0.2) is 6.20 Å². The van der Waals surface area contributed by atoms with Gasteiger partial charge in [-0.05, 0) is 13.3 Å². The molecule has 1 amide bonds. The number of ether oxygens (including phenoxy) is 1. The predicted molar refractivity (Wildman–Crippen MR) is 63.3 cm³/mol. The van der Waals surface area contributed by atoms with Crippen LogP contribution in [-0.4, -0.2) is 28.4 Å². The van der Waals surface area contributed by atoms with E-state index in [0.717, 1.165) is 12.0 Å². The van der Waals surface area contributed by atoms with E-state index in [1.165, 1.54) is 0 Å². The van der Waals surface area contributed by atoms with Crippen molar-refractivity contribution in [2.45, 2.75) is 26.0 Å². The molecule has 0 spiro atoms. The Hall–Kier alpha value is -1.40. The average Bonchev–Trinajstić information content (AvgIpc) is 2.84. The molecule has 0 radical (unpaired) electrons. The summed E-state index contributed by atoms with van der Waals surface area (Å²) in [4.78, 5) is 12.0. The zero-order chi connectivity index (χ0) is 12.4. The van der Waals surface area contributed by atoms with E-state index in [0.29, 0.717) is 19.0 Å². The Kier molecular flexibility index (Phi) is 3.44. The van der Waals surface area contributed by atoms with Gasteiger partial charge in [-0.2, -0.15) is 5.10 Å². The van der Waals surface area contributed by atoms with Crippen LogP contribution < -0.4 is 11.1 Å². The van der Waals surface area contributed by atoms with Gasteiger partial charge in [0.05, 0.1) is 12.0 Å². The molecule has 2 rings (SSSR count). The summed E-state index contributed by atoms with van der Waals surface area (Å²) in [5.41, 5.74) is 6.43. The first kappa shape index (κ1) is 12.1. The maximum Gasteiger partial charge on any atom is 0.231 e. The molecule has 0 saturated carbocycles. The second-order valence-electron chi connectivity index (χ2n) is 4.34. The second-order valence-corrected chi connectivity index (χ2v) is 4.34. The molecule has 2 heterocycles. The Labute approximate surface area is 100 Å². The minimum Gasteiger partial charge on any atom is -0.378 e. The van der Waals surface area contributed by atoms with E-state index in [2.05, 4.69) is 10.4 Å². The van der Waals surface area contributed by atoms with Crippen molar-refractivity contribution in [3.05, 3.63) is 11.8 Å². The van der Waals surface area contributed by atoms with Crippen molar-refractivity contribution in [1.29, 1.82) is 0 Å². The van der Waals surface area contributed by atoms with Gasteiger partial charge < -0.3 is 15.8 Å². The van der Waals surface area contributed by atoms with Crippen molar-refractivity contribution in [3.8, 4) is 0 Å². The van der Waals surface area contributed by atoms with Crippen LogP contribution in [0.5, 0.6) is 0 Å². The van der Waals surface area contributed by atoms with E-state index in [-0.39, 0.29) is 17.9 Å². The van der Waals surface area contributed by atoms with Gasteiger partial charge in [-0.3, -0.25) is 9.48 Å². The zero-order valence-electron chi connectivity index (χ0n) is 10.1. The third-order valence-corrected chi connectivity index (χ3v) is 3.08. The van der Waals surface area contributed by atoms with Crippen molar-refractivity contribution in [2.75, 3.05) is 11.9 Å². The maximum absolute atomic E-state index is 12.0. The maximum atomic E-state index is 12.0. The molecule has 6 nitrogen and oxygen atoms in total. The van der Waals surface area contributed by atoms with Crippen molar-refractivity contribution in [3.63, 3.8) is 0 Å². The lowest BCUT2D eigenvalue weighted by atomic mass is 10.0. The average molecular weight is 238 g/mol. The largest absolute Gasteiger partial charge is 0.378 e. The van der Waals surface area contributed by atoms with E-state index in [4.69, 9.17) is 10.5 Å². The Bertz CT molecular complexity index is 416. The lowest BCUT2D eigenvalue weighted by Gasteiger charge is -2.13. The SMILES string of the molecule is CC1OCCC1C(=O)Nc1nn(C)cc1CN. The minimum absolute atomic E-state index is 0.0277. The van der Waals surface area contributed by atoms with Gasteiger partial charge in [0.2, 0.25) is 5.91 Å². The van der Waals surface area contributed by atoms with Crippen LogP contribution in [0.25, 0.3) is 0 Å². The number of hydrogen-bond donors (Lipinski definition) is 2. The quantitative estimate of drug-likeness (QED) is 0.790. The normalized spacial score (nSPS) is 23.9. The third-order valence-electron chi connectivity index (χ3n) is 3.08. The van der Waals surface area contributed by atoms with E-state index >= 15 is 0 Å². The molecule has 1 aliphatic heterocycles. The van der Waals surface area contributed by atoms with E-state index < -0.39 is 0 Å². The van der Waals surface area contributed by atoms with Crippen LogP contribution in [0.4, 0.5) is 5.82 Å². The summed E-state index contributed by atoms with van der Waals surface area (Å²) in [7, 11) is 1.80. The summed E-state index contributed by atoms with van der Waals surface area (Å²) in [5, 5.41) is 7.01. The first-order valence-corrected chi connectivity index (χ1v) is 5.77. The first-order valence-electron chi connectivity index (χ1n) is 5.77. The van der Waals surface area contributed by atoms with Gasteiger partial charge in [0.1, 0.15) is 0 Å². The van der Waals surface area contributed by atoms with Gasteiger partial charge in [0, 0.05) is 32.0 Å². The Morgan fingerprint density at radius 3 is 3.12 bits per heavy atom. The molecule has 17 heavy (non-hydrogen) atoms. The molecule has 0 aromatic carbocycles. The van der Waals surface area contributed by atoms with Crippen LogP contribution >= 0.6 is 0 Å². The summed E-state index contributed by atoms with van der Waals surface area (Å²) in [6, 6.07) is 0. The molecule has 1 fully saturated rings. The molecular formula is C11H18N4O2. The lowest BCUT2D eigenvalue weighted by Crippen LogP contribution is -2.28. The summed E-state index contributed by atoms with van der Waals surface area (Å²) >= 11 is 0. The van der Waals surface area contributed by atoms with Gasteiger partial charge in [-0.1, -0.05) is 0 Å². The Balaban J connectivity index is 2.07. The number of amides is 1. The topological polar surface area (TPSA) is 82.2 Å². The molecule has 1 saturated heterocycles. The number of nitrogens with zero attached hydrogens (tertiary/aromatic N) is 2. The van der Waals surface area contributed by atoms with Crippen molar-refractivity contribution in [1.82, 2.24) is 9.78 Å². The summed E-state index contributed by atoms with van der Waals surface area (Å²) < 4.78 is 7.02. The highest BCUT2D eigenvalue weighted by Crippen LogP contribution is 2.22. The highest BCUT2D eigenvalue weighted by Gasteiger charge is 2.31. The van der Waals surface area contributed by atoms with Gasteiger partial charge in [0.25, 0.3) is 0 Å². The van der Waals surface area contributed by atoms with Crippen LogP contribution in [-0.2, 0) is 23.1 Å². The molecule has 0 aliphatic carbocycles. The molecule has 1 aliphatic rings.